The summed E-state index contributed by atoms with van der Waals surface area (Å²) in [5.74, 6) is 1.69. The molecule has 6 nitrogen and oxygen atoms in total. The van der Waals surface area contributed by atoms with Gasteiger partial charge in [-0.15, -0.1) is 0 Å². The third-order valence-corrected chi connectivity index (χ3v) is 5.47. The molecule has 0 radical (unpaired) electrons. The van der Waals surface area contributed by atoms with Crippen LogP contribution >= 0.6 is 0 Å². The average Bonchev–Trinajstić information content (AvgIpc) is 2.83. The molecule has 0 aromatic heterocycles. The fourth-order valence-corrected chi connectivity index (χ4v) is 3.92. The monoisotopic (exact) mass is 441 g/mol. The Bertz CT molecular complexity index is 1220. The smallest absolute Gasteiger partial charge is 0.213 e. The minimum absolute atomic E-state index is 0.169. The van der Waals surface area contributed by atoms with E-state index in [1.54, 1.807) is 26.4 Å². The van der Waals surface area contributed by atoms with Gasteiger partial charge in [-0.1, -0.05) is 60.7 Å². The molecule has 6 heteroatoms. The quantitative estimate of drug-likeness (QED) is 0.343. The van der Waals surface area contributed by atoms with Crippen molar-refractivity contribution in [3.63, 3.8) is 0 Å². The maximum Gasteiger partial charge on any atom is 0.213 e. The second-order valence-electron chi connectivity index (χ2n) is 8.45. The van der Waals surface area contributed by atoms with Crippen LogP contribution in [0.25, 0.3) is 0 Å². The topological polar surface area (TPSA) is 72.3 Å². The summed E-state index contributed by atoms with van der Waals surface area (Å²) in [4.78, 5) is 18.2. The third-order valence-electron chi connectivity index (χ3n) is 5.47. The number of hydrazone groups is 1. The van der Waals surface area contributed by atoms with Gasteiger partial charge in [-0.3, -0.25) is 15.2 Å². The molecule has 0 atom stereocenters. The number of carbonyl (C=O) groups excluding carboxylic acids is 1. The molecule has 33 heavy (non-hydrogen) atoms. The minimum atomic E-state index is -0.346. The van der Waals surface area contributed by atoms with Crippen LogP contribution in [0.2, 0.25) is 0 Å². The predicted octanol–water partition coefficient (Wildman–Crippen LogP) is 4.66. The minimum Gasteiger partial charge on any atom is -0.493 e. The Morgan fingerprint density at radius 2 is 1.48 bits per heavy atom. The number of hydrogen-bond acceptors (Lipinski definition) is 6. The number of nitrogens with zero attached hydrogens (tertiary/aromatic N) is 2. The number of Topliss-reactive ketones (excluding diaryl/α,β-unsaturated/α-hetero) is 1. The molecule has 1 N–H and O–H groups in total. The summed E-state index contributed by atoms with van der Waals surface area (Å²) in [5.41, 5.74) is 6.29. The van der Waals surface area contributed by atoms with Crippen LogP contribution in [0.1, 0.15) is 40.9 Å². The van der Waals surface area contributed by atoms with Crippen molar-refractivity contribution in [2.45, 2.75) is 25.8 Å². The van der Waals surface area contributed by atoms with Crippen LogP contribution in [0.3, 0.4) is 0 Å². The number of benzene rings is 3. The molecule has 3 aromatic rings. The highest BCUT2D eigenvalue weighted by Gasteiger charge is 2.29. The number of fused-ring (bicyclic) bond motifs is 1. The third kappa shape index (κ3) is 4.80. The zero-order valence-corrected chi connectivity index (χ0v) is 19.3. The second kappa shape index (κ2) is 9.28. The number of rotatable bonds is 6. The van der Waals surface area contributed by atoms with Crippen molar-refractivity contribution < 1.29 is 14.3 Å². The zero-order chi connectivity index (χ0) is 23.4. The van der Waals surface area contributed by atoms with E-state index in [2.05, 4.69) is 24.4 Å². The summed E-state index contributed by atoms with van der Waals surface area (Å²) in [7, 11) is 3.22. The number of methoxy groups -OCH3 is 2. The molecule has 0 saturated carbocycles. The normalized spacial score (nSPS) is 14.7. The number of ketones is 1. The van der Waals surface area contributed by atoms with Crippen molar-refractivity contribution in [3.8, 4) is 11.5 Å². The Balaban J connectivity index is 1.77. The van der Waals surface area contributed by atoms with Gasteiger partial charge in [0.1, 0.15) is 11.5 Å². The standard InChI is InChI=1S/C27H27N3O3/c1-27(2)17-20-15-22(32-3)23(33-4)16-21(20)26(28-27)30-29-24(18-11-7-5-8-12-18)25(31)19-13-9-6-10-14-19/h5-16H,17H2,1-4H3,(H,28,30)/b29-24+. The molecule has 0 amide bonds. The van der Waals surface area contributed by atoms with Crippen LogP contribution in [-0.4, -0.2) is 37.1 Å². The van der Waals surface area contributed by atoms with Crippen molar-refractivity contribution in [2.75, 3.05) is 14.2 Å². The number of amidine groups is 1. The van der Waals surface area contributed by atoms with Crippen molar-refractivity contribution in [2.24, 2.45) is 10.1 Å². The van der Waals surface area contributed by atoms with Gasteiger partial charge in [-0.25, -0.2) is 0 Å². The van der Waals surface area contributed by atoms with Crippen LogP contribution in [0.15, 0.2) is 82.9 Å². The molecule has 0 saturated heterocycles. The molecule has 168 valence electrons. The molecule has 1 aliphatic heterocycles. The van der Waals surface area contributed by atoms with Crippen LogP contribution in [0, 0.1) is 0 Å². The maximum absolute atomic E-state index is 13.3. The Morgan fingerprint density at radius 1 is 0.909 bits per heavy atom. The fourth-order valence-electron chi connectivity index (χ4n) is 3.92. The molecule has 0 unspecified atom stereocenters. The first-order chi connectivity index (χ1) is 15.9. The summed E-state index contributed by atoms with van der Waals surface area (Å²) < 4.78 is 11.0. The van der Waals surface area contributed by atoms with Gasteiger partial charge in [0, 0.05) is 16.7 Å². The first-order valence-electron chi connectivity index (χ1n) is 10.8. The summed E-state index contributed by atoms with van der Waals surface area (Å²) in [6.07, 6.45) is 0.742. The number of nitrogens with one attached hydrogen (secondary N) is 1. The van der Waals surface area contributed by atoms with Crippen molar-refractivity contribution in [3.05, 3.63) is 95.1 Å². The lowest BCUT2D eigenvalue weighted by Gasteiger charge is -2.29. The number of ether oxygens (including phenoxy) is 2. The molecule has 1 aliphatic rings. The second-order valence-corrected chi connectivity index (χ2v) is 8.45. The zero-order valence-electron chi connectivity index (χ0n) is 19.3. The number of carbonyl (C=O) groups is 1. The van der Waals surface area contributed by atoms with Crippen LogP contribution in [-0.2, 0) is 6.42 Å². The Kier molecular flexibility index (Phi) is 6.27. The lowest BCUT2D eigenvalue weighted by Crippen LogP contribution is -2.35. The first kappa shape index (κ1) is 22.3. The molecule has 0 spiro atoms. The molecular formula is C27H27N3O3. The van der Waals surface area contributed by atoms with Gasteiger partial charge in [0.05, 0.1) is 19.8 Å². The molecular weight excluding hydrogens is 414 g/mol. The van der Waals surface area contributed by atoms with E-state index in [0.29, 0.717) is 28.6 Å². The Labute approximate surface area is 194 Å². The summed E-state index contributed by atoms with van der Waals surface area (Å²) in [5, 5.41) is 4.57. The molecule has 4 rings (SSSR count). The van der Waals surface area contributed by atoms with Gasteiger partial charge in [-0.05, 0) is 38.0 Å². The summed E-state index contributed by atoms with van der Waals surface area (Å²) in [6, 6.07) is 22.4. The molecule has 3 aromatic carbocycles. The highest BCUT2D eigenvalue weighted by atomic mass is 16.5. The number of hydrogen-bond donors (Lipinski definition) is 1. The van der Waals surface area contributed by atoms with Crippen molar-refractivity contribution in [1.82, 2.24) is 5.43 Å². The number of aliphatic imine (C=N–C) groups is 1. The summed E-state index contributed by atoms with van der Waals surface area (Å²) in [6.45, 7) is 4.12. The van der Waals surface area contributed by atoms with E-state index in [-0.39, 0.29) is 11.3 Å². The van der Waals surface area contributed by atoms with Gasteiger partial charge in [-0.2, -0.15) is 5.10 Å². The summed E-state index contributed by atoms with van der Waals surface area (Å²) >= 11 is 0. The van der Waals surface area contributed by atoms with E-state index < -0.39 is 0 Å². The van der Waals surface area contributed by atoms with E-state index in [0.717, 1.165) is 23.1 Å². The SMILES string of the molecule is COc1cc2c(cc1OC)C(N/N=C(/C(=O)c1ccccc1)c1ccccc1)=NC(C)(C)C2. The molecule has 1 heterocycles. The maximum atomic E-state index is 13.3. The van der Waals surface area contributed by atoms with E-state index in [4.69, 9.17) is 14.5 Å². The van der Waals surface area contributed by atoms with E-state index in [9.17, 15) is 4.79 Å². The molecule has 0 fully saturated rings. The average molecular weight is 442 g/mol. The van der Waals surface area contributed by atoms with Crippen LogP contribution < -0.4 is 14.9 Å². The Hall–Kier alpha value is -3.93. The van der Waals surface area contributed by atoms with Gasteiger partial charge in [0.25, 0.3) is 0 Å². The van der Waals surface area contributed by atoms with E-state index in [1.807, 2.05) is 60.7 Å². The van der Waals surface area contributed by atoms with Gasteiger partial charge >= 0.3 is 0 Å². The van der Waals surface area contributed by atoms with Crippen LogP contribution in [0.5, 0.6) is 11.5 Å². The lowest BCUT2D eigenvalue weighted by atomic mass is 9.88. The van der Waals surface area contributed by atoms with Gasteiger partial charge in [0.2, 0.25) is 5.78 Å². The van der Waals surface area contributed by atoms with Crippen molar-refractivity contribution in [1.29, 1.82) is 0 Å². The van der Waals surface area contributed by atoms with E-state index >= 15 is 0 Å². The lowest BCUT2D eigenvalue weighted by molar-refractivity contribution is 0.106. The first-order valence-corrected chi connectivity index (χ1v) is 10.8. The van der Waals surface area contributed by atoms with Gasteiger partial charge in [0.15, 0.2) is 11.5 Å². The van der Waals surface area contributed by atoms with E-state index in [1.165, 1.54) is 0 Å². The van der Waals surface area contributed by atoms with Gasteiger partial charge < -0.3 is 9.47 Å². The fraction of sp³-hybridized carbons (Fsp3) is 0.222. The highest BCUT2D eigenvalue weighted by molar-refractivity contribution is 6.51. The highest BCUT2D eigenvalue weighted by Crippen LogP contribution is 2.35. The van der Waals surface area contributed by atoms with Crippen LogP contribution in [0.4, 0.5) is 0 Å². The molecule has 0 bridgehead atoms. The largest absolute Gasteiger partial charge is 0.493 e. The molecule has 0 aliphatic carbocycles. The Morgan fingerprint density at radius 3 is 2.09 bits per heavy atom. The predicted molar refractivity (Wildman–Crippen MR) is 131 cm³/mol. The van der Waals surface area contributed by atoms with Crippen molar-refractivity contribution >= 4 is 17.3 Å².